The van der Waals surface area contributed by atoms with E-state index in [-0.39, 0.29) is 5.82 Å². The Hall–Kier alpha value is -1.12. The molecule has 1 heterocycles. The SMILES string of the molecule is Cc1cc(F)cc(C)c1Oc1csc(P(C)(C)=O)c1C. The highest BCUT2D eigenvalue weighted by Gasteiger charge is 2.20. The molecule has 0 bridgehead atoms. The summed E-state index contributed by atoms with van der Waals surface area (Å²) in [5.74, 6) is 1.11. The zero-order chi connectivity index (χ0) is 15.1. The van der Waals surface area contributed by atoms with E-state index in [1.807, 2.05) is 26.2 Å². The van der Waals surface area contributed by atoms with Gasteiger partial charge in [-0.25, -0.2) is 4.39 Å². The van der Waals surface area contributed by atoms with E-state index in [1.165, 1.54) is 23.5 Å². The molecular weight excluding hydrogens is 294 g/mol. The lowest BCUT2D eigenvalue weighted by Gasteiger charge is -2.12. The van der Waals surface area contributed by atoms with Gasteiger partial charge in [-0.15, -0.1) is 11.3 Å². The van der Waals surface area contributed by atoms with Gasteiger partial charge in [0.15, 0.2) is 0 Å². The molecule has 5 heteroatoms. The second-order valence-corrected chi connectivity index (χ2v) is 9.68. The van der Waals surface area contributed by atoms with Gasteiger partial charge in [-0.3, -0.25) is 0 Å². The lowest BCUT2D eigenvalue weighted by Crippen LogP contribution is -2.01. The molecule has 0 aliphatic rings. The molecule has 2 nitrogen and oxygen atoms in total. The average molecular weight is 312 g/mol. The average Bonchev–Trinajstić information content (AvgIpc) is 2.64. The van der Waals surface area contributed by atoms with Crippen molar-refractivity contribution >= 4 is 23.1 Å². The third kappa shape index (κ3) is 2.97. The molecule has 0 spiro atoms. The number of benzene rings is 1. The third-order valence-electron chi connectivity index (χ3n) is 3.09. The van der Waals surface area contributed by atoms with E-state index in [0.717, 1.165) is 21.3 Å². The molecule has 1 aromatic heterocycles. The summed E-state index contributed by atoms with van der Waals surface area (Å²) >= 11 is 1.46. The minimum absolute atomic E-state index is 0.262. The van der Waals surface area contributed by atoms with Gasteiger partial charge in [0.05, 0.1) is 4.62 Å². The summed E-state index contributed by atoms with van der Waals surface area (Å²) < 4.78 is 32.3. The van der Waals surface area contributed by atoms with Crippen molar-refractivity contribution < 1.29 is 13.7 Å². The first-order chi connectivity index (χ1) is 9.20. The van der Waals surface area contributed by atoms with Gasteiger partial charge >= 0.3 is 0 Å². The minimum Gasteiger partial charge on any atom is -0.456 e. The summed E-state index contributed by atoms with van der Waals surface area (Å²) in [4.78, 5) is 0. The second kappa shape index (κ2) is 5.34. The fraction of sp³-hybridized carbons (Fsp3) is 0.333. The molecule has 0 amide bonds. The number of hydrogen-bond acceptors (Lipinski definition) is 3. The van der Waals surface area contributed by atoms with Gasteiger partial charge in [-0.1, -0.05) is 0 Å². The third-order valence-corrected chi connectivity index (χ3v) is 6.90. The lowest BCUT2D eigenvalue weighted by molar-refractivity contribution is 0.471. The van der Waals surface area contributed by atoms with Crippen LogP contribution in [0.2, 0.25) is 0 Å². The summed E-state index contributed by atoms with van der Waals surface area (Å²) in [6.07, 6.45) is 0. The van der Waals surface area contributed by atoms with Gasteiger partial charge in [0.1, 0.15) is 24.5 Å². The molecule has 108 valence electrons. The van der Waals surface area contributed by atoms with Crippen molar-refractivity contribution in [2.24, 2.45) is 0 Å². The number of thiophene rings is 1. The molecular formula is C15H18FO2PS. The Morgan fingerprint density at radius 1 is 1.15 bits per heavy atom. The predicted molar refractivity (Wildman–Crippen MR) is 84.1 cm³/mol. The number of rotatable bonds is 3. The molecule has 0 unspecified atom stereocenters. The van der Waals surface area contributed by atoms with Gasteiger partial charge in [-0.05, 0) is 57.4 Å². The van der Waals surface area contributed by atoms with Gasteiger partial charge in [0.2, 0.25) is 0 Å². The number of aryl methyl sites for hydroxylation is 2. The first kappa shape index (κ1) is 15.3. The molecule has 0 N–H and O–H groups in total. The van der Waals surface area contributed by atoms with Crippen LogP contribution in [0.3, 0.4) is 0 Å². The summed E-state index contributed by atoms with van der Waals surface area (Å²) in [7, 11) is -2.29. The van der Waals surface area contributed by atoms with Crippen LogP contribution in [0, 0.1) is 26.6 Å². The van der Waals surface area contributed by atoms with Crippen molar-refractivity contribution in [2.75, 3.05) is 13.3 Å². The van der Waals surface area contributed by atoms with Crippen LogP contribution in [-0.2, 0) is 4.57 Å². The fourth-order valence-corrected chi connectivity index (χ4v) is 5.00. The van der Waals surface area contributed by atoms with Crippen molar-refractivity contribution in [1.29, 1.82) is 0 Å². The molecule has 0 radical (unpaired) electrons. The summed E-state index contributed by atoms with van der Waals surface area (Å²) in [5, 5.41) is 1.87. The van der Waals surface area contributed by atoms with Crippen LogP contribution in [-0.4, -0.2) is 13.3 Å². The monoisotopic (exact) mass is 312 g/mol. The first-order valence-corrected chi connectivity index (χ1v) is 9.76. The Kier molecular flexibility index (Phi) is 4.08. The minimum atomic E-state index is -2.29. The van der Waals surface area contributed by atoms with Crippen molar-refractivity contribution in [3.05, 3.63) is 40.0 Å². The van der Waals surface area contributed by atoms with Gasteiger partial charge < -0.3 is 9.30 Å². The van der Waals surface area contributed by atoms with Crippen molar-refractivity contribution in [1.82, 2.24) is 0 Å². The van der Waals surface area contributed by atoms with E-state index in [1.54, 1.807) is 13.3 Å². The highest BCUT2D eigenvalue weighted by Crippen LogP contribution is 2.42. The molecule has 2 aromatic rings. The molecule has 0 saturated heterocycles. The van der Waals surface area contributed by atoms with Crippen molar-refractivity contribution in [2.45, 2.75) is 20.8 Å². The Bertz CT molecular complexity index is 677. The number of ether oxygens (including phenoxy) is 1. The molecule has 20 heavy (non-hydrogen) atoms. The second-order valence-electron chi connectivity index (χ2n) is 5.35. The van der Waals surface area contributed by atoms with Crippen LogP contribution in [0.5, 0.6) is 11.5 Å². The highest BCUT2D eigenvalue weighted by molar-refractivity contribution is 7.75. The smallest absolute Gasteiger partial charge is 0.141 e. The van der Waals surface area contributed by atoms with Crippen LogP contribution < -0.4 is 9.36 Å². The van der Waals surface area contributed by atoms with Gasteiger partial charge in [0, 0.05) is 10.9 Å². The van der Waals surface area contributed by atoms with Crippen LogP contribution in [0.15, 0.2) is 17.5 Å². The molecule has 2 rings (SSSR count). The zero-order valence-corrected chi connectivity index (χ0v) is 14.0. The lowest BCUT2D eigenvalue weighted by atomic mass is 10.1. The molecule has 0 atom stereocenters. The van der Waals surface area contributed by atoms with E-state index in [4.69, 9.17) is 4.74 Å². The van der Waals surface area contributed by atoms with E-state index in [9.17, 15) is 8.96 Å². The van der Waals surface area contributed by atoms with E-state index < -0.39 is 7.14 Å². The summed E-state index contributed by atoms with van der Waals surface area (Å²) in [5.41, 5.74) is 2.42. The van der Waals surface area contributed by atoms with E-state index in [0.29, 0.717) is 11.5 Å². The maximum atomic E-state index is 13.3. The van der Waals surface area contributed by atoms with Crippen molar-refractivity contribution in [3.8, 4) is 11.5 Å². The normalized spacial score (nSPS) is 11.7. The quantitative estimate of drug-likeness (QED) is 0.757. The van der Waals surface area contributed by atoms with E-state index >= 15 is 0 Å². The van der Waals surface area contributed by atoms with Crippen LogP contribution in [0.25, 0.3) is 0 Å². The topological polar surface area (TPSA) is 26.3 Å². The zero-order valence-electron chi connectivity index (χ0n) is 12.3. The maximum absolute atomic E-state index is 13.3. The maximum Gasteiger partial charge on any atom is 0.141 e. The summed E-state index contributed by atoms with van der Waals surface area (Å²) in [6, 6.07) is 2.91. The standard InChI is InChI=1S/C15H18FO2PS/c1-9-6-12(16)7-10(2)14(9)18-13-8-20-15(11(13)3)19(4,5)17/h6-8H,1-5H3. The molecule has 0 aliphatic carbocycles. The fourth-order valence-electron chi connectivity index (χ4n) is 2.19. The highest BCUT2D eigenvalue weighted by atomic mass is 32.1. The van der Waals surface area contributed by atoms with Crippen LogP contribution in [0.4, 0.5) is 4.39 Å². The Morgan fingerprint density at radius 3 is 2.15 bits per heavy atom. The Morgan fingerprint density at radius 2 is 1.70 bits per heavy atom. The predicted octanol–water partition coefficient (Wildman–Crippen LogP) is 4.85. The summed E-state index contributed by atoms with van der Waals surface area (Å²) in [6.45, 7) is 9.06. The van der Waals surface area contributed by atoms with Crippen LogP contribution >= 0.6 is 18.5 Å². The largest absolute Gasteiger partial charge is 0.456 e. The molecule has 1 aromatic carbocycles. The first-order valence-electron chi connectivity index (χ1n) is 6.28. The van der Waals surface area contributed by atoms with Crippen LogP contribution in [0.1, 0.15) is 16.7 Å². The van der Waals surface area contributed by atoms with Crippen molar-refractivity contribution in [3.63, 3.8) is 0 Å². The van der Waals surface area contributed by atoms with Gasteiger partial charge in [0.25, 0.3) is 0 Å². The molecule has 0 saturated carbocycles. The van der Waals surface area contributed by atoms with Gasteiger partial charge in [-0.2, -0.15) is 0 Å². The molecule has 0 aliphatic heterocycles. The Balaban J connectivity index is 2.42. The molecule has 0 fully saturated rings. The number of halogens is 1. The van der Waals surface area contributed by atoms with E-state index in [2.05, 4.69) is 0 Å². The number of hydrogen-bond donors (Lipinski definition) is 0. The Labute approximate surface area is 123 Å².